The van der Waals surface area contributed by atoms with Gasteiger partial charge in [0.2, 0.25) is 5.95 Å². The lowest BCUT2D eigenvalue weighted by Crippen LogP contribution is -2.49. The summed E-state index contributed by atoms with van der Waals surface area (Å²) in [4.78, 5) is 6.81. The monoisotopic (exact) mass is 223 g/mol. The van der Waals surface area contributed by atoms with Crippen molar-refractivity contribution in [3.8, 4) is 0 Å². The standard InChI is InChI=1S/C11H21N5/c1-4-8(2)10-13-11(15-14-10)16-6-5-12-9(3)7-16/h8-9,12H,4-7H2,1-3H3,(H,13,14,15)/t8?,9-/m1/s1. The van der Waals surface area contributed by atoms with Crippen LogP contribution in [-0.2, 0) is 0 Å². The first-order chi connectivity index (χ1) is 7.70. The Morgan fingerprint density at radius 2 is 2.38 bits per heavy atom. The van der Waals surface area contributed by atoms with Crippen LogP contribution < -0.4 is 10.2 Å². The smallest absolute Gasteiger partial charge is 0.244 e. The van der Waals surface area contributed by atoms with Gasteiger partial charge in [0.25, 0.3) is 0 Å². The number of hydrogen-bond acceptors (Lipinski definition) is 4. The van der Waals surface area contributed by atoms with E-state index in [1.165, 1.54) is 0 Å². The van der Waals surface area contributed by atoms with Gasteiger partial charge >= 0.3 is 0 Å². The average Bonchev–Trinajstić information content (AvgIpc) is 2.77. The van der Waals surface area contributed by atoms with E-state index in [1.54, 1.807) is 0 Å². The quantitative estimate of drug-likeness (QED) is 0.806. The third kappa shape index (κ3) is 2.35. The number of rotatable bonds is 3. The summed E-state index contributed by atoms with van der Waals surface area (Å²) in [5.74, 6) is 2.31. The Morgan fingerprint density at radius 1 is 1.56 bits per heavy atom. The molecule has 0 bridgehead atoms. The van der Waals surface area contributed by atoms with E-state index in [1.807, 2.05) is 0 Å². The molecule has 1 aliphatic heterocycles. The zero-order chi connectivity index (χ0) is 11.5. The minimum atomic E-state index is 0.460. The van der Waals surface area contributed by atoms with Crippen LogP contribution in [0.15, 0.2) is 0 Å². The summed E-state index contributed by atoms with van der Waals surface area (Å²) in [6.07, 6.45) is 1.09. The Hall–Kier alpha value is -1.10. The molecule has 1 aromatic heterocycles. The van der Waals surface area contributed by atoms with E-state index in [0.717, 1.165) is 37.8 Å². The maximum Gasteiger partial charge on any atom is 0.244 e. The van der Waals surface area contributed by atoms with Crippen molar-refractivity contribution in [1.29, 1.82) is 0 Å². The number of aromatic amines is 1. The van der Waals surface area contributed by atoms with Crippen molar-refractivity contribution < 1.29 is 0 Å². The molecule has 2 heterocycles. The van der Waals surface area contributed by atoms with Crippen molar-refractivity contribution in [2.24, 2.45) is 0 Å². The molecule has 2 atom stereocenters. The van der Waals surface area contributed by atoms with Gasteiger partial charge < -0.3 is 10.2 Å². The lowest BCUT2D eigenvalue weighted by molar-refractivity contribution is 0.479. The molecule has 16 heavy (non-hydrogen) atoms. The van der Waals surface area contributed by atoms with Crippen molar-refractivity contribution in [2.75, 3.05) is 24.5 Å². The normalized spacial score (nSPS) is 23.4. The number of piperazine rings is 1. The molecule has 0 aromatic carbocycles. The second-order valence-corrected chi connectivity index (χ2v) is 4.63. The van der Waals surface area contributed by atoms with Crippen LogP contribution in [0, 0.1) is 0 Å². The zero-order valence-electron chi connectivity index (χ0n) is 10.3. The number of nitrogens with zero attached hydrogens (tertiary/aromatic N) is 3. The van der Waals surface area contributed by atoms with E-state index in [2.05, 4.69) is 46.2 Å². The van der Waals surface area contributed by atoms with E-state index in [4.69, 9.17) is 0 Å². The van der Waals surface area contributed by atoms with Crippen LogP contribution in [0.5, 0.6) is 0 Å². The summed E-state index contributed by atoms with van der Waals surface area (Å²) in [5.41, 5.74) is 0. The predicted molar refractivity (Wildman–Crippen MR) is 64.8 cm³/mol. The van der Waals surface area contributed by atoms with Crippen molar-refractivity contribution in [2.45, 2.75) is 39.2 Å². The van der Waals surface area contributed by atoms with Gasteiger partial charge in [-0.05, 0) is 13.3 Å². The molecule has 2 rings (SSSR count). The highest BCUT2D eigenvalue weighted by atomic mass is 15.4. The number of hydrogen-bond donors (Lipinski definition) is 2. The van der Waals surface area contributed by atoms with Gasteiger partial charge in [-0.25, -0.2) is 0 Å². The van der Waals surface area contributed by atoms with Crippen molar-refractivity contribution >= 4 is 5.95 Å². The first kappa shape index (κ1) is 11.4. The molecule has 0 spiro atoms. The number of H-pyrrole nitrogens is 1. The Morgan fingerprint density at radius 3 is 3.06 bits per heavy atom. The second-order valence-electron chi connectivity index (χ2n) is 4.63. The summed E-state index contributed by atoms with van der Waals surface area (Å²) in [6, 6.07) is 0.513. The molecule has 2 N–H and O–H groups in total. The highest BCUT2D eigenvalue weighted by Crippen LogP contribution is 2.17. The molecule has 0 saturated carbocycles. The van der Waals surface area contributed by atoms with Gasteiger partial charge in [0, 0.05) is 31.6 Å². The van der Waals surface area contributed by atoms with Crippen molar-refractivity contribution in [3.05, 3.63) is 5.82 Å². The van der Waals surface area contributed by atoms with Crippen LogP contribution in [0.25, 0.3) is 0 Å². The van der Waals surface area contributed by atoms with Crippen molar-refractivity contribution in [3.63, 3.8) is 0 Å². The molecule has 0 amide bonds. The predicted octanol–water partition coefficient (Wildman–Crippen LogP) is 1.12. The molecular formula is C11H21N5. The summed E-state index contributed by atoms with van der Waals surface area (Å²) in [5, 5.41) is 10.8. The minimum absolute atomic E-state index is 0.460. The second kappa shape index (κ2) is 4.82. The van der Waals surface area contributed by atoms with E-state index in [0.29, 0.717) is 12.0 Å². The Bertz CT molecular complexity index is 335. The van der Waals surface area contributed by atoms with E-state index >= 15 is 0 Å². The Labute approximate surface area is 96.6 Å². The Balaban J connectivity index is 2.06. The summed E-state index contributed by atoms with van der Waals surface area (Å²) in [6.45, 7) is 9.51. The van der Waals surface area contributed by atoms with Crippen LogP contribution >= 0.6 is 0 Å². The van der Waals surface area contributed by atoms with Gasteiger partial charge in [-0.1, -0.05) is 13.8 Å². The fourth-order valence-corrected chi connectivity index (χ4v) is 1.93. The SMILES string of the molecule is CCC(C)c1nc(N2CCN[C@H](C)C2)n[nH]1. The summed E-state index contributed by atoms with van der Waals surface area (Å²) < 4.78 is 0. The largest absolute Gasteiger partial charge is 0.337 e. The fourth-order valence-electron chi connectivity index (χ4n) is 1.93. The first-order valence-corrected chi connectivity index (χ1v) is 6.11. The van der Waals surface area contributed by atoms with Crippen LogP contribution in [0.1, 0.15) is 38.9 Å². The molecule has 90 valence electrons. The molecule has 1 fully saturated rings. The van der Waals surface area contributed by atoms with Gasteiger partial charge in [0.15, 0.2) is 0 Å². The van der Waals surface area contributed by atoms with Gasteiger partial charge in [0.1, 0.15) is 5.82 Å². The molecule has 0 radical (unpaired) electrons. The van der Waals surface area contributed by atoms with E-state index in [9.17, 15) is 0 Å². The average molecular weight is 223 g/mol. The van der Waals surface area contributed by atoms with Crippen LogP contribution in [0.4, 0.5) is 5.95 Å². The number of aromatic nitrogens is 3. The highest BCUT2D eigenvalue weighted by Gasteiger charge is 2.20. The molecule has 5 nitrogen and oxygen atoms in total. The molecule has 1 aliphatic rings. The third-order valence-electron chi connectivity index (χ3n) is 3.22. The third-order valence-corrected chi connectivity index (χ3v) is 3.22. The van der Waals surface area contributed by atoms with Gasteiger partial charge in [-0.15, -0.1) is 5.10 Å². The highest BCUT2D eigenvalue weighted by molar-refractivity contribution is 5.30. The maximum atomic E-state index is 4.57. The number of nitrogens with one attached hydrogen (secondary N) is 2. The number of anilines is 1. The molecule has 1 unspecified atom stereocenters. The van der Waals surface area contributed by atoms with Gasteiger partial charge in [0.05, 0.1) is 0 Å². The first-order valence-electron chi connectivity index (χ1n) is 6.11. The van der Waals surface area contributed by atoms with Crippen LogP contribution in [0.2, 0.25) is 0 Å². The molecule has 1 saturated heterocycles. The van der Waals surface area contributed by atoms with Crippen LogP contribution in [0.3, 0.4) is 0 Å². The van der Waals surface area contributed by atoms with Gasteiger partial charge in [-0.3, -0.25) is 5.10 Å². The Kier molecular flexibility index (Phi) is 3.43. The van der Waals surface area contributed by atoms with Gasteiger partial charge in [-0.2, -0.15) is 4.98 Å². The van der Waals surface area contributed by atoms with E-state index < -0.39 is 0 Å². The lowest BCUT2D eigenvalue weighted by Gasteiger charge is -2.30. The molecular weight excluding hydrogens is 202 g/mol. The lowest BCUT2D eigenvalue weighted by atomic mass is 10.1. The summed E-state index contributed by atoms with van der Waals surface area (Å²) in [7, 11) is 0. The van der Waals surface area contributed by atoms with Crippen molar-refractivity contribution in [1.82, 2.24) is 20.5 Å². The van der Waals surface area contributed by atoms with E-state index in [-0.39, 0.29) is 0 Å². The van der Waals surface area contributed by atoms with Crippen LogP contribution in [-0.4, -0.2) is 40.9 Å². The minimum Gasteiger partial charge on any atom is -0.337 e. The molecule has 1 aromatic rings. The molecule has 5 heteroatoms. The zero-order valence-corrected chi connectivity index (χ0v) is 10.3. The topological polar surface area (TPSA) is 56.8 Å². The fraction of sp³-hybridized carbons (Fsp3) is 0.818. The maximum absolute atomic E-state index is 4.57. The molecule has 0 aliphatic carbocycles. The summed E-state index contributed by atoms with van der Waals surface area (Å²) >= 11 is 0.